The van der Waals surface area contributed by atoms with E-state index in [1.807, 2.05) is 29.2 Å². The molecule has 1 heterocycles. The first-order chi connectivity index (χ1) is 17.6. The molecule has 36 heavy (non-hydrogen) atoms. The molecule has 0 radical (unpaired) electrons. The van der Waals surface area contributed by atoms with Crippen molar-refractivity contribution in [3.05, 3.63) is 89.5 Å². The van der Waals surface area contributed by atoms with Crippen molar-refractivity contribution in [1.29, 1.82) is 0 Å². The molecule has 3 N–H and O–H groups in total. The van der Waals surface area contributed by atoms with E-state index in [9.17, 15) is 9.59 Å². The zero-order valence-electron chi connectivity index (χ0n) is 20.2. The highest BCUT2D eigenvalue weighted by atomic mass is 16.4. The molecule has 0 bridgehead atoms. The third-order valence-corrected chi connectivity index (χ3v) is 7.06. The van der Waals surface area contributed by atoms with Crippen LogP contribution in [0.25, 0.3) is 17.2 Å². The molecule has 1 fully saturated rings. The Hall–Kier alpha value is -3.90. The van der Waals surface area contributed by atoms with Gasteiger partial charge in [0.15, 0.2) is 0 Å². The third-order valence-electron chi connectivity index (χ3n) is 7.06. The van der Waals surface area contributed by atoms with Crippen LogP contribution in [0.4, 0.5) is 11.4 Å². The summed E-state index contributed by atoms with van der Waals surface area (Å²) in [5.41, 5.74) is 13.6. The van der Waals surface area contributed by atoms with Gasteiger partial charge in [0.1, 0.15) is 0 Å². The van der Waals surface area contributed by atoms with E-state index in [1.54, 1.807) is 6.08 Å². The minimum absolute atomic E-state index is 0.0323. The molecule has 6 heteroatoms. The summed E-state index contributed by atoms with van der Waals surface area (Å²) >= 11 is 0. The van der Waals surface area contributed by atoms with Crippen LogP contribution in [0.5, 0.6) is 0 Å². The van der Waals surface area contributed by atoms with E-state index in [-0.39, 0.29) is 11.8 Å². The summed E-state index contributed by atoms with van der Waals surface area (Å²) in [6.45, 7) is 1.28. The fourth-order valence-corrected chi connectivity index (χ4v) is 5.09. The van der Waals surface area contributed by atoms with Gasteiger partial charge in [-0.2, -0.15) is 0 Å². The van der Waals surface area contributed by atoms with E-state index in [4.69, 9.17) is 5.11 Å². The Morgan fingerprint density at radius 3 is 2.50 bits per heavy atom. The number of carboxylic acids is 1. The van der Waals surface area contributed by atoms with E-state index in [2.05, 4.69) is 53.3 Å². The second-order valence-electron chi connectivity index (χ2n) is 9.57. The van der Waals surface area contributed by atoms with Crippen LogP contribution in [0.1, 0.15) is 48.8 Å². The van der Waals surface area contributed by atoms with Crippen molar-refractivity contribution in [2.24, 2.45) is 5.92 Å². The van der Waals surface area contributed by atoms with Crippen molar-refractivity contribution in [1.82, 2.24) is 5.43 Å². The summed E-state index contributed by atoms with van der Waals surface area (Å²) in [7, 11) is 0. The fraction of sp³-hybridized carbons (Fsp3) is 0.267. The summed E-state index contributed by atoms with van der Waals surface area (Å²) < 4.78 is 0. The highest BCUT2D eigenvalue weighted by Gasteiger charge is 2.27. The summed E-state index contributed by atoms with van der Waals surface area (Å²) in [5, 5.41) is 9.00. The number of anilines is 2. The highest BCUT2D eigenvalue weighted by molar-refractivity contribution is 5.95. The van der Waals surface area contributed by atoms with Crippen LogP contribution in [0, 0.1) is 5.92 Å². The van der Waals surface area contributed by atoms with Gasteiger partial charge in [0, 0.05) is 24.2 Å². The van der Waals surface area contributed by atoms with E-state index in [0.29, 0.717) is 6.54 Å². The van der Waals surface area contributed by atoms with E-state index in [0.717, 1.165) is 66.4 Å². The second kappa shape index (κ2) is 10.8. The number of fused-ring (bicyclic) bond motifs is 1. The van der Waals surface area contributed by atoms with Gasteiger partial charge >= 0.3 is 5.97 Å². The summed E-state index contributed by atoms with van der Waals surface area (Å²) in [5.74, 6) is -0.812. The standard InChI is InChI=1S/C30H31N3O3/c34-29(35)16-11-21-5-4-8-27(17-21)33(30(36)24-6-2-1-3-7-24)20-22-9-12-23(13-10-22)25-14-15-28-26(18-25)19-31-32-28/h4-5,8-18,24,31-32H,1-3,6-7,19-20H2,(H,34,35)/b16-11+. The van der Waals surface area contributed by atoms with E-state index >= 15 is 0 Å². The van der Waals surface area contributed by atoms with E-state index < -0.39 is 5.97 Å². The minimum Gasteiger partial charge on any atom is -0.478 e. The van der Waals surface area contributed by atoms with Crippen LogP contribution >= 0.6 is 0 Å². The topological polar surface area (TPSA) is 81.7 Å². The lowest BCUT2D eigenvalue weighted by Gasteiger charge is -2.30. The minimum atomic E-state index is -0.994. The lowest BCUT2D eigenvalue weighted by Crippen LogP contribution is -2.36. The molecule has 0 saturated heterocycles. The Balaban J connectivity index is 1.40. The van der Waals surface area contributed by atoms with Crippen LogP contribution in [-0.2, 0) is 22.7 Å². The van der Waals surface area contributed by atoms with Crippen LogP contribution < -0.4 is 15.8 Å². The van der Waals surface area contributed by atoms with Crippen LogP contribution in [-0.4, -0.2) is 17.0 Å². The Labute approximate surface area is 211 Å². The van der Waals surface area contributed by atoms with Crippen LogP contribution in [0.2, 0.25) is 0 Å². The molecule has 1 saturated carbocycles. The van der Waals surface area contributed by atoms with Gasteiger partial charge in [-0.15, -0.1) is 0 Å². The summed E-state index contributed by atoms with van der Waals surface area (Å²) in [6, 6.07) is 22.4. The number of carbonyl (C=O) groups is 2. The number of nitrogens with zero attached hydrogens (tertiary/aromatic N) is 1. The predicted octanol–water partition coefficient (Wildman–Crippen LogP) is 6.00. The number of hydrazine groups is 1. The van der Waals surface area contributed by atoms with Crippen molar-refractivity contribution in [3.8, 4) is 11.1 Å². The lowest BCUT2D eigenvalue weighted by molar-refractivity contribution is -0.131. The lowest BCUT2D eigenvalue weighted by atomic mass is 9.88. The molecule has 0 unspecified atom stereocenters. The molecular weight excluding hydrogens is 450 g/mol. The van der Waals surface area contributed by atoms with Crippen molar-refractivity contribution >= 4 is 29.3 Å². The number of amides is 1. The Morgan fingerprint density at radius 1 is 0.944 bits per heavy atom. The molecule has 1 aliphatic heterocycles. The van der Waals surface area contributed by atoms with Gasteiger partial charge in [-0.05, 0) is 71.0 Å². The molecule has 0 aromatic heterocycles. The van der Waals surface area contributed by atoms with Crippen molar-refractivity contribution in [2.75, 3.05) is 10.3 Å². The summed E-state index contributed by atoms with van der Waals surface area (Å²) in [6.07, 6.45) is 7.90. The average molecular weight is 482 g/mol. The summed E-state index contributed by atoms with van der Waals surface area (Å²) in [4.78, 5) is 26.5. The normalized spacial score (nSPS) is 15.4. The first kappa shape index (κ1) is 23.8. The number of carboxylic acid groups (broad SMARTS) is 1. The number of nitrogens with one attached hydrogen (secondary N) is 2. The molecule has 3 aromatic rings. The molecule has 184 valence electrons. The van der Waals surface area contributed by atoms with E-state index in [1.165, 1.54) is 17.5 Å². The number of carbonyl (C=O) groups excluding carboxylic acids is 1. The van der Waals surface area contributed by atoms with Crippen molar-refractivity contribution in [3.63, 3.8) is 0 Å². The maximum absolute atomic E-state index is 13.7. The quantitative estimate of drug-likeness (QED) is 0.361. The molecule has 2 aliphatic rings. The highest BCUT2D eigenvalue weighted by Crippen LogP contribution is 2.31. The largest absolute Gasteiger partial charge is 0.478 e. The molecule has 0 spiro atoms. The molecular formula is C30H31N3O3. The zero-order chi connectivity index (χ0) is 24.9. The molecule has 6 nitrogen and oxygen atoms in total. The Morgan fingerprint density at radius 2 is 1.72 bits per heavy atom. The number of benzene rings is 3. The maximum Gasteiger partial charge on any atom is 0.328 e. The average Bonchev–Trinajstić information content (AvgIpc) is 3.39. The monoisotopic (exact) mass is 481 g/mol. The first-order valence-electron chi connectivity index (χ1n) is 12.6. The zero-order valence-corrected chi connectivity index (χ0v) is 20.2. The third kappa shape index (κ3) is 5.50. The van der Waals surface area contributed by atoms with Crippen LogP contribution in [0.3, 0.4) is 0 Å². The van der Waals surface area contributed by atoms with Gasteiger partial charge in [-0.3, -0.25) is 4.79 Å². The molecule has 3 aromatic carbocycles. The van der Waals surface area contributed by atoms with Gasteiger partial charge in [0.2, 0.25) is 5.91 Å². The van der Waals surface area contributed by atoms with Crippen LogP contribution in [0.15, 0.2) is 72.8 Å². The molecule has 1 amide bonds. The maximum atomic E-state index is 13.7. The van der Waals surface area contributed by atoms with Crippen molar-refractivity contribution < 1.29 is 14.7 Å². The first-order valence-corrected chi connectivity index (χ1v) is 12.6. The fourth-order valence-electron chi connectivity index (χ4n) is 5.09. The van der Waals surface area contributed by atoms with Crippen molar-refractivity contribution in [2.45, 2.75) is 45.2 Å². The van der Waals surface area contributed by atoms with Gasteiger partial charge in [-0.25, -0.2) is 10.2 Å². The smallest absolute Gasteiger partial charge is 0.328 e. The Kier molecular flexibility index (Phi) is 7.14. The number of hydrogen-bond donors (Lipinski definition) is 3. The number of aliphatic carboxylic acids is 1. The number of hydrogen-bond acceptors (Lipinski definition) is 4. The SMILES string of the molecule is O=C(O)/C=C/c1cccc(N(Cc2ccc(-c3ccc4c(c3)CNN4)cc2)C(=O)C2CCCCC2)c1. The molecule has 1 aliphatic carbocycles. The van der Waals surface area contributed by atoms with Gasteiger partial charge in [-0.1, -0.05) is 61.7 Å². The predicted molar refractivity (Wildman–Crippen MR) is 143 cm³/mol. The van der Waals surface area contributed by atoms with Gasteiger partial charge < -0.3 is 15.4 Å². The second-order valence-corrected chi connectivity index (χ2v) is 9.57. The molecule has 0 atom stereocenters. The molecule has 5 rings (SSSR count). The van der Waals surface area contributed by atoms with Gasteiger partial charge in [0.25, 0.3) is 0 Å². The Bertz CT molecular complexity index is 1280. The number of rotatable bonds is 7. The van der Waals surface area contributed by atoms with Gasteiger partial charge in [0.05, 0.1) is 12.2 Å².